The van der Waals surface area contributed by atoms with E-state index in [4.69, 9.17) is 9.47 Å². The largest absolute Gasteiger partial charge is 0.465 e. The summed E-state index contributed by atoms with van der Waals surface area (Å²) in [5.74, 6) is -1.50. The van der Waals surface area contributed by atoms with Gasteiger partial charge in [-0.3, -0.25) is 14.4 Å². The molecule has 1 aromatic carbocycles. The number of hydrogen-bond acceptors (Lipinski definition) is 6. The highest BCUT2D eigenvalue weighted by Crippen LogP contribution is 2.33. The van der Waals surface area contributed by atoms with Gasteiger partial charge in [-0.15, -0.1) is 17.9 Å². The molecule has 0 unspecified atom stereocenters. The molecule has 0 bridgehead atoms. The van der Waals surface area contributed by atoms with E-state index in [1.54, 1.807) is 44.2 Å². The van der Waals surface area contributed by atoms with Gasteiger partial charge in [0.05, 0.1) is 18.1 Å². The van der Waals surface area contributed by atoms with E-state index < -0.39 is 17.4 Å². The molecule has 0 saturated carbocycles. The molecule has 0 aliphatic heterocycles. The highest BCUT2D eigenvalue weighted by molar-refractivity contribution is 7.12. The van der Waals surface area contributed by atoms with Gasteiger partial charge >= 0.3 is 11.9 Å². The summed E-state index contributed by atoms with van der Waals surface area (Å²) in [6, 6.07) is 9.96. The van der Waals surface area contributed by atoms with Crippen LogP contribution >= 0.6 is 11.3 Å². The second-order valence-corrected chi connectivity index (χ2v) is 6.67. The van der Waals surface area contributed by atoms with Crippen molar-refractivity contribution in [2.24, 2.45) is 0 Å². The lowest BCUT2D eigenvalue weighted by Crippen LogP contribution is -2.46. The van der Waals surface area contributed by atoms with Crippen LogP contribution in [-0.2, 0) is 24.5 Å². The summed E-state index contributed by atoms with van der Waals surface area (Å²) in [7, 11) is 0. The molecule has 0 aliphatic rings. The average Bonchev–Trinajstić information content (AvgIpc) is 3.21. The smallest absolute Gasteiger partial charge is 0.328 e. The fourth-order valence-electron chi connectivity index (χ4n) is 2.78. The van der Waals surface area contributed by atoms with Crippen LogP contribution in [0.2, 0.25) is 0 Å². The molecule has 0 spiro atoms. The lowest BCUT2D eigenvalue weighted by Gasteiger charge is -2.28. The molecule has 142 valence electrons. The SMILES string of the molecule is C=CCC(C(=O)OCC)(C(=O)OCC)c1ccc(C(=O)c2cccs2)cc1. The topological polar surface area (TPSA) is 69.7 Å². The highest BCUT2D eigenvalue weighted by atomic mass is 32.1. The number of thiophene rings is 1. The normalized spacial score (nSPS) is 10.9. The minimum atomic E-state index is -1.64. The van der Waals surface area contributed by atoms with E-state index in [0.717, 1.165) is 0 Å². The lowest BCUT2D eigenvalue weighted by molar-refractivity contribution is -0.164. The van der Waals surface area contributed by atoms with E-state index in [1.807, 2.05) is 11.4 Å². The van der Waals surface area contributed by atoms with Crippen LogP contribution in [0.1, 0.15) is 41.1 Å². The Morgan fingerprint density at radius 2 is 1.63 bits per heavy atom. The molecular weight excluding hydrogens is 364 g/mol. The number of rotatable bonds is 9. The first-order valence-corrected chi connectivity index (χ1v) is 9.53. The van der Waals surface area contributed by atoms with Crippen LogP contribution in [0.3, 0.4) is 0 Å². The van der Waals surface area contributed by atoms with Crippen LogP contribution < -0.4 is 0 Å². The van der Waals surface area contributed by atoms with Crippen molar-refractivity contribution < 1.29 is 23.9 Å². The fourth-order valence-corrected chi connectivity index (χ4v) is 3.47. The first-order valence-electron chi connectivity index (χ1n) is 8.65. The van der Waals surface area contributed by atoms with Gasteiger partial charge in [-0.05, 0) is 37.3 Å². The Balaban J connectivity index is 2.48. The zero-order valence-electron chi connectivity index (χ0n) is 15.4. The van der Waals surface area contributed by atoms with Crippen molar-refractivity contribution in [2.75, 3.05) is 13.2 Å². The van der Waals surface area contributed by atoms with E-state index in [1.165, 1.54) is 17.4 Å². The fraction of sp³-hybridized carbons (Fsp3) is 0.286. The summed E-state index contributed by atoms with van der Waals surface area (Å²) in [6.45, 7) is 7.27. The summed E-state index contributed by atoms with van der Waals surface area (Å²) < 4.78 is 10.3. The molecule has 0 radical (unpaired) electrons. The minimum Gasteiger partial charge on any atom is -0.465 e. The third-order valence-corrected chi connectivity index (χ3v) is 4.95. The van der Waals surface area contributed by atoms with Crippen LogP contribution in [0.25, 0.3) is 0 Å². The van der Waals surface area contributed by atoms with Gasteiger partial charge in [-0.2, -0.15) is 0 Å². The molecule has 0 saturated heterocycles. The van der Waals surface area contributed by atoms with Crippen LogP contribution in [-0.4, -0.2) is 30.9 Å². The van der Waals surface area contributed by atoms with Crippen molar-refractivity contribution in [3.8, 4) is 0 Å². The molecule has 1 heterocycles. The maximum atomic E-state index is 12.7. The van der Waals surface area contributed by atoms with Gasteiger partial charge in [0.2, 0.25) is 5.78 Å². The molecule has 0 atom stereocenters. The number of ether oxygens (including phenoxy) is 2. The molecule has 0 aliphatic carbocycles. The van der Waals surface area contributed by atoms with Gasteiger partial charge in [0.25, 0.3) is 0 Å². The van der Waals surface area contributed by atoms with Crippen molar-refractivity contribution in [3.63, 3.8) is 0 Å². The van der Waals surface area contributed by atoms with E-state index in [0.29, 0.717) is 16.0 Å². The molecule has 6 heteroatoms. The Labute approximate surface area is 162 Å². The number of ketones is 1. The molecule has 0 N–H and O–H groups in total. The second kappa shape index (κ2) is 9.28. The Hall–Kier alpha value is -2.73. The molecule has 0 amide bonds. The molecule has 2 rings (SSSR count). The molecule has 27 heavy (non-hydrogen) atoms. The molecule has 5 nitrogen and oxygen atoms in total. The van der Waals surface area contributed by atoms with Crippen molar-refractivity contribution >= 4 is 29.1 Å². The maximum Gasteiger partial charge on any atom is 0.328 e. The van der Waals surface area contributed by atoms with E-state index in [2.05, 4.69) is 6.58 Å². The van der Waals surface area contributed by atoms with Crippen molar-refractivity contribution in [3.05, 3.63) is 70.4 Å². The second-order valence-electron chi connectivity index (χ2n) is 5.72. The number of allylic oxidation sites excluding steroid dienone is 1. The number of benzene rings is 1. The third-order valence-electron chi connectivity index (χ3n) is 4.08. The summed E-state index contributed by atoms with van der Waals surface area (Å²) >= 11 is 1.36. The standard InChI is InChI=1S/C21H22O5S/c1-4-13-21(19(23)25-5-2,20(24)26-6-3)16-11-9-15(10-12-16)18(22)17-8-7-14-27-17/h4,7-12,14H,1,5-6,13H2,2-3H3. The Bertz CT molecular complexity index is 788. The van der Waals surface area contributed by atoms with E-state index >= 15 is 0 Å². The van der Waals surface area contributed by atoms with E-state index in [9.17, 15) is 14.4 Å². The van der Waals surface area contributed by atoms with Crippen LogP contribution in [0, 0.1) is 0 Å². The predicted molar refractivity (Wildman–Crippen MR) is 104 cm³/mol. The van der Waals surface area contributed by atoms with Crippen molar-refractivity contribution in [1.82, 2.24) is 0 Å². The first-order chi connectivity index (χ1) is 13.0. The van der Waals surface area contributed by atoms with Crippen LogP contribution in [0.4, 0.5) is 0 Å². The first kappa shape index (κ1) is 20.6. The summed E-state index contributed by atoms with van der Waals surface area (Å²) in [4.78, 5) is 38.6. The molecule has 2 aromatic rings. The number of hydrogen-bond donors (Lipinski definition) is 0. The molecular formula is C21H22O5S. The summed E-state index contributed by atoms with van der Waals surface area (Å²) in [6.07, 6.45) is 1.52. The van der Waals surface area contributed by atoms with E-state index in [-0.39, 0.29) is 25.4 Å². The van der Waals surface area contributed by atoms with Gasteiger partial charge in [0, 0.05) is 5.56 Å². The predicted octanol–water partition coefficient (Wildman–Crippen LogP) is 3.92. The lowest BCUT2D eigenvalue weighted by atomic mass is 9.77. The maximum absolute atomic E-state index is 12.7. The zero-order chi connectivity index (χ0) is 19.9. The summed E-state index contributed by atoms with van der Waals surface area (Å²) in [5.41, 5.74) is -0.762. The van der Waals surface area contributed by atoms with Gasteiger partial charge in [0.1, 0.15) is 0 Å². The highest BCUT2D eigenvalue weighted by Gasteiger charge is 2.49. The number of carbonyl (C=O) groups is 3. The van der Waals surface area contributed by atoms with Crippen molar-refractivity contribution in [2.45, 2.75) is 25.7 Å². The van der Waals surface area contributed by atoms with Gasteiger partial charge in [0.15, 0.2) is 5.41 Å². The monoisotopic (exact) mass is 386 g/mol. The van der Waals surface area contributed by atoms with Crippen molar-refractivity contribution in [1.29, 1.82) is 0 Å². The third kappa shape index (κ3) is 4.17. The summed E-state index contributed by atoms with van der Waals surface area (Å²) in [5, 5.41) is 1.83. The van der Waals surface area contributed by atoms with Gasteiger partial charge < -0.3 is 9.47 Å². The number of esters is 2. The average molecular weight is 386 g/mol. The molecule has 0 fully saturated rings. The molecule has 1 aromatic heterocycles. The minimum absolute atomic E-state index is 0.0306. The van der Waals surface area contributed by atoms with Crippen LogP contribution in [0.5, 0.6) is 0 Å². The van der Waals surface area contributed by atoms with Crippen LogP contribution in [0.15, 0.2) is 54.4 Å². The Morgan fingerprint density at radius 3 is 2.07 bits per heavy atom. The Kier molecular flexibility index (Phi) is 7.07. The van der Waals surface area contributed by atoms with Gasteiger partial charge in [-0.1, -0.05) is 36.4 Å². The van der Waals surface area contributed by atoms with Gasteiger partial charge in [-0.25, -0.2) is 0 Å². The zero-order valence-corrected chi connectivity index (χ0v) is 16.2. The Morgan fingerprint density at radius 1 is 1.04 bits per heavy atom. The number of carbonyl (C=O) groups excluding carboxylic acids is 3. The quantitative estimate of drug-likeness (QED) is 0.283.